The molecule has 5 nitrogen and oxygen atoms in total. The molecule has 1 amide bonds. The van der Waals surface area contributed by atoms with Crippen molar-refractivity contribution >= 4 is 16.8 Å². The molecule has 152 valence electrons. The van der Waals surface area contributed by atoms with Gasteiger partial charge in [0.25, 0.3) is 5.91 Å². The van der Waals surface area contributed by atoms with Crippen molar-refractivity contribution in [3.63, 3.8) is 0 Å². The van der Waals surface area contributed by atoms with Crippen LogP contribution in [-0.4, -0.2) is 42.6 Å². The number of fused-ring (bicyclic) bond motifs is 1. The lowest BCUT2D eigenvalue weighted by Crippen LogP contribution is -2.44. The van der Waals surface area contributed by atoms with Gasteiger partial charge in [0.1, 0.15) is 5.69 Å². The monoisotopic (exact) mass is 392 g/mol. The lowest BCUT2D eigenvalue weighted by atomic mass is 9.95. The van der Waals surface area contributed by atoms with Crippen LogP contribution in [0, 0.1) is 0 Å². The predicted molar refractivity (Wildman–Crippen MR) is 115 cm³/mol. The van der Waals surface area contributed by atoms with E-state index in [1.54, 1.807) is 14.2 Å². The van der Waals surface area contributed by atoms with Crippen LogP contribution < -0.4 is 9.47 Å². The highest BCUT2D eigenvalue weighted by atomic mass is 16.5. The van der Waals surface area contributed by atoms with Crippen molar-refractivity contribution < 1.29 is 14.3 Å². The van der Waals surface area contributed by atoms with Crippen molar-refractivity contribution in [2.45, 2.75) is 38.1 Å². The van der Waals surface area contributed by atoms with Crippen LogP contribution in [0.1, 0.15) is 41.7 Å². The van der Waals surface area contributed by atoms with Gasteiger partial charge in [0, 0.05) is 23.5 Å². The van der Waals surface area contributed by atoms with E-state index in [0.717, 1.165) is 54.6 Å². The molecule has 0 radical (unpaired) electrons. The molecule has 1 fully saturated rings. The zero-order chi connectivity index (χ0) is 20.2. The average Bonchev–Trinajstić information content (AvgIpc) is 3.21. The van der Waals surface area contributed by atoms with E-state index in [2.05, 4.69) is 16.0 Å². The smallest absolute Gasteiger partial charge is 0.270 e. The summed E-state index contributed by atoms with van der Waals surface area (Å²) in [6.07, 6.45) is 5.15. The molecule has 1 aliphatic rings. The molecule has 2 heterocycles. The van der Waals surface area contributed by atoms with E-state index in [1.165, 1.54) is 12.0 Å². The number of hydrogen-bond donors (Lipinski definition) is 1. The fourth-order valence-electron chi connectivity index (χ4n) is 4.28. The van der Waals surface area contributed by atoms with Crippen LogP contribution >= 0.6 is 0 Å². The van der Waals surface area contributed by atoms with Gasteiger partial charge in [-0.15, -0.1) is 0 Å². The molecule has 0 aliphatic carbocycles. The minimum Gasteiger partial charge on any atom is -0.493 e. The topological polar surface area (TPSA) is 54.6 Å². The van der Waals surface area contributed by atoms with Gasteiger partial charge in [-0.1, -0.05) is 24.3 Å². The molecule has 1 aliphatic heterocycles. The molecule has 1 N–H and O–H groups in total. The summed E-state index contributed by atoms with van der Waals surface area (Å²) in [4.78, 5) is 18.6. The molecule has 2 aromatic carbocycles. The Balaban J connectivity index is 1.48. The quantitative estimate of drug-likeness (QED) is 0.655. The number of carbonyl (C=O) groups is 1. The maximum Gasteiger partial charge on any atom is 0.270 e. The SMILES string of the molecule is COc1ccc(CCC2CCCCN2C(=O)c2cc3ccccc3[nH]2)cc1OC. The number of ether oxygens (including phenoxy) is 2. The van der Waals surface area contributed by atoms with E-state index in [9.17, 15) is 4.79 Å². The number of methoxy groups -OCH3 is 2. The molecule has 0 saturated carbocycles. The molecule has 0 spiro atoms. The van der Waals surface area contributed by atoms with Crippen LogP contribution in [-0.2, 0) is 6.42 Å². The number of nitrogens with one attached hydrogen (secondary N) is 1. The fraction of sp³-hybridized carbons (Fsp3) is 0.375. The Bertz CT molecular complexity index is 962. The fourth-order valence-corrected chi connectivity index (χ4v) is 4.28. The van der Waals surface area contributed by atoms with Crippen molar-refractivity contribution in [3.05, 3.63) is 59.8 Å². The van der Waals surface area contributed by atoms with Crippen LogP contribution in [0.5, 0.6) is 11.5 Å². The number of nitrogens with zero attached hydrogens (tertiary/aromatic N) is 1. The van der Waals surface area contributed by atoms with Crippen LogP contribution in [0.4, 0.5) is 0 Å². The second kappa shape index (κ2) is 8.60. The van der Waals surface area contributed by atoms with Crippen LogP contribution in [0.25, 0.3) is 10.9 Å². The number of hydrogen-bond acceptors (Lipinski definition) is 3. The summed E-state index contributed by atoms with van der Waals surface area (Å²) in [5.41, 5.74) is 2.89. The average molecular weight is 392 g/mol. The first-order valence-corrected chi connectivity index (χ1v) is 10.3. The van der Waals surface area contributed by atoms with Gasteiger partial charge in [-0.05, 0) is 61.9 Å². The highest BCUT2D eigenvalue weighted by Crippen LogP contribution is 2.29. The van der Waals surface area contributed by atoms with E-state index in [-0.39, 0.29) is 11.9 Å². The maximum absolute atomic E-state index is 13.2. The first kappa shape index (κ1) is 19.4. The number of rotatable bonds is 6. The number of H-pyrrole nitrogens is 1. The normalized spacial score (nSPS) is 16.8. The summed E-state index contributed by atoms with van der Waals surface area (Å²) < 4.78 is 10.7. The van der Waals surface area contributed by atoms with Crippen molar-refractivity contribution in [1.82, 2.24) is 9.88 Å². The first-order chi connectivity index (χ1) is 14.2. The lowest BCUT2D eigenvalue weighted by Gasteiger charge is -2.35. The third-order valence-corrected chi connectivity index (χ3v) is 5.86. The minimum atomic E-state index is 0.109. The van der Waals surface area contributed by atoms with Gasteiger partial charge < -0.3 is 19.4 Å². The van der Waals surface area contributed by atoms with Gasteiger partial charge in [0.15, 0.2) is 11.5 Å². The largest absolute Gasteiger partial charge is 0.493 e. The van der Waals surface area contributed by atoms with Gasteiger partial charge in [0.2, 0.25) is 0 Å². The highest BCUT2D eigenvalue weighted by Gasteiger charge is 2.28. The summed E-state index contributed by atoms with van der Waals surface area (Å²) in [6.45, 7) is 0.824. The molecule has 1 saturated heterocycles. The molecule has 5 heteroatoms. The predicted octanol–water partition coefficient (Wildman–Crippen LogP) is 4.81. The summed E-state index contributed by atoms with van der Waals surface area (Å²) in [7, 11) is 3.30. The van der Waals surface area contributed by atoms with E-state index in [1.807, 2.05) is 42.5 Å². The van der Waals surface area contributed by atoms with Gasteiger partial charge >= 0.3 is 0 Å². The molecule has 29 heavy (non-hydrogen) atoms. The van der Waals surface area contributed by atoms with Crippen LogP contribution in [0.15, 0.2) is 48.5 Å². The molecule has 1 atom stereocenters. The number of para-hydroxylation sites is 1. The summed E-state index contributed by atoms with van der Waals surface area (Å²) in [5.74, 6) is 1.60. The second-order valence-electron chi connectivity index (χ2n) is 7.65. The zero-order valence-corrected chi connectivity index (χ0v) is 17.1. The minimum absolute atomic E-state index is 0.109. The number of aromatic nitrogens is 1. The van der Waals surface area contributed by atoms with E-state index >= 15 is 0 Å². The number of aryl methyl sites for hydroxylation is 1. The maximum atomic E-state index is 13.2. The number of amides is 1. The molecule has 1 aromatic heterocycles. The van der Waals surface area contributed by atoms with Gasteiger partial charge in [-0.3, -0.25) is 4.79 Å². The molecular weight excluding hydrogens is 364 g/mol. The molecular formula is C24H28N2O3. The Morgan fingerprint density at radius 1 is 1.07 bits per heavy atom. The lowest BCUT2D eigenvalue weighted by molar-refractivity contribution is 0.0597. The number of benzene rings is 2. The second-order valence-corrected chi connectivity index (χ2v) is 7.65. The number of aromatic amines is 1. The number of piperidine rings is 1. The van der Waals surface area contributed by atoms with Crippen LogP contribution in [0.3, 0.4) is 0 Å². The van der Waals surface area contributed by atoms with E-state index in [4.69, 9.17) is 9.47 Å². The Labute approximate surface area is 171 Å². The van der Waals surface area contributed by atoms with Crippen molar-refractivity contribution in [2.75, 3.05) is 20.8 Å². The van der Waals surface area contributed by atoms with Crippen molar-refractivity contribution in [2.24, 2.45) is 0 Å². The zero-order valence-electron chi connectivity index (χ0n) is 17.1. The van der Waals surface area contributed by atoms with Crippen molar-refractivity contribution in [3.8, 4) is 11.5 Å². The van der Waals surface area contributed by atoms with Crippen molar-refractivity contribution in [1.29, 1.82) is 0 Å². The standard InChI is InChI=1S/C24H28N2O3/c1-28-22-13-11-17(15-23(22)29-2)10-12-19-8-5-6-14-26(19)24(27)21-16-18-7-3-4-9-20(18)25-21/h3-4,7,9,11,13,15-16,19,25H,5-6,8,10,12,14H2,1-2H3. The Morgan fingerprint density at radius 2 is 1.90 bits per heavy atom. The molecule has 0 bridgehead atoms. The number of likely N-dealkylation sites (tertiary alicyclic amines) is 1. The molecule has 3 aromatic rings. The summed E-state index contributed by atoms with van der Waals surface area (Å²) in [5, 5.41) is 1.08. The van der Waals surface area contributed by atoms with E-state index < -0.39 is 0 Å². The Kier molecular flexibility index (Phi) is 5.74. The summed E-state index contributed by atoms with van der Waals surface area (Å²) >= 11 is 0. The van der Waals surface area contributed by atoms with Gasteiger partial charge in [0.05, 0.1) is 14.2 Å². The third-order valence-electron chi connectivity index (χ3n) is 5.86. The van der Waals surface area contributed by atoms with Gasteiger partial charge in [-0.25, -0.2) is 0 Å². The molecule has 1 unspecified atom stereocenters. The Hall–Kier alpha value is -2.95. The van der Waals surface area contributed by atoms with Crippen LogP contribution in [0.2, 0.25) is 0 Å². The summed E-state index contributed by atoms with van der Waals surface area (Å²) in [6, 6.07) is 16.3. The highest BCUT2D eigenvalue weighted by molar-refractivity contribution is 5.98. The Morgan fingerprint density at radius 3 is 2.69 bits per heavy atom. The third kappa shape index (κ3) is 4.09. The molecule has 4 rings (SSSR count). The number of carbonyl (C=O) groups excluding carboxylic acids is 1. The van der Waals surface area contributed by atoms with E-state index in [0.29, 0.717) is 5.69 Å². The first-order valence-electron chi connectivity index (χ1n) is 10.3. The van der Waals surface area contributed by atoms with Gasteiger partial charge in [-0.2, -0.15) is 0 Å².